The Morgan fingerprint density at radius 3 is 2.62 bits per heavy atom. The summed E-state index contributed by atoms with van der Waals surface area (Å²) in [6, 6.07) is 8.19. The highest BCUT2D eigenvalue weighted by atomic mass is 35.5. The molecule has 0 aliphatic heterocycles. The number of carbonyl (C=O) groups is 1. The van der Waals surface area contributed by atoms with Gasteiger partial charge in [-0.25, -0.2) is 0 Å². The first kappa shape index (κ1) is 16.7. The summed E-state index contributed by atoms with van der Waals surface area (Å²) in [6.07, 6.45) is 6.02. The second-order valence-corrected chi connectivity index (χ2v) is 8.20. The summed E-state index contributed by atoms with van der Waals surface area (Å²) < 4.78 is -0.434. The number of hydrogen-bond donors (Lipinski definition) is 1. The molecule has 1 aliphatic rings. The Labute approximate surface area is 137 Å². The molecule has 0 saturated heterocycles. The van der Waals surface area contributed by atoms with Crippen LogP contribution in [0, 0.1) is 0 Å². The van der Waals surface area contributed by atoms with Gasteiger partial charge in [0.25, 0.3) is 0 Å². The van der Waals surface area contributed by atoms with Crippen LogP contribution in [0.15, 0.2) is 24.3 Å². The van der Waals surface area contributed by atoms with Crippen LogP contribution in [0.3, 0.4) is 0 Å². The van der Waals surface area contributed by atoms with Gasteiger partial charge in [-0.2, -0.15) is 0 Å². The van der Waals surface area contributed by atoms with Crippen molar-refractivity contribution < 1.29 is 4.79 Å². The third-order valence-electron chi connectivity index (χ3n) is 4.03. The second kappa shape index (κ2) is 7.55. The molecule has 1 aliphatic carbocycles. The van der Waals surface area contributed by atoms with E-state index >= 15 is 0 Å². The summed E-state index contributed by atoms with van der Waals surface area (Å²) in [6.45, 7) is 3.99. The molecule has 0 spiro atoms. The van der Waals surface area contributed by atoms with Crippen LogP contribution in [0.5, 0.6) is 0 Å². The zero-order valence-electron chi connectivity index (χ0n) is 12.8. The molecule has 0 aromatic heterocycles. The maximum Gasteiger partial charge on any atom is 0.235 e. The Bertz CT molecular complexity index is 483. The predicted octanol–water partition coefficient (Wildman–Crippen LogP) is 4.80. The van der Waals surface area contributed by atoms with Crippen LogP contribution in [0.1, 0.15) is 51.5 Å². The summed E-state index contributed by atoms with van der Waals surface area (Å²) in [7, 11) is 0. The van der Waals surface area contributed by atoms with Crippen LogP contribution in [0.25, 0.3) is 0 Å². The third kappa shape index (κ3) is 4.93. The number of carbonyl (C=O) groups excluding carboxylic acids is 1. The van der Waals surface area contributed by atoms with E-state index in [1.807, 2.05) is 38.1 Å². The lowest BCUT2D eigenvalue weighted by Gasteiger charge is -2.29. The van der Waals surface area contributed by atoms with Gasteiger partial charge >= 0.3 is 0 Å². The average molecular weight is 326 g/mol. The van der Waals surface area contributed by atoms with E-state index in [0.29, 0.717) is 6.04 Å². The van der Waals surface area contributed by atoms with Crippen molar-refractivity contribution in [3.63, 3.8) is 0 Å². The minimum absolute atomic E-state index is 0.145. The van der Waals surface area contributed by atoms with Gasteiger partial charge in [-0.05, 0) is 38.3 Å². The number of amides is 1. The fourth-order valence-electron chi connectivity index (χ4n) is 2.55. The Kier molecular flexibility index (Phi) is 6.00. The Morgan fingerprint density at radius 2 is 1.95 bits per heavy atom. The van der Waals surface area contributed by atoms with Crippen LogP contribution < -0.4 is 5.32 Å². The highest BCUT2D eigenvalue weighted by molar-refractivity contribution is 8.00. The first-order chi connectivity index (χ1) is 9.99. The van der Waals surface area contributed by atoms with Crippen molar-refractivity contribution in [3.8, 4) is 0 Å². The van der Waals surface area contributed by atoms with Crippen molar-refractivity contribution in [3.05, 3.63) is 34.9 Å². The lowest BCUT2D eigenvalue weighted by atomic mass is 9.95. The van der Waals surface area contributed by atoms with Gasteiger partial charge in [-0.3, -0.25) is 4.79 Å². The first-order valence-electron chi connectivity index (χ1n) is 7.67. The van der Waals surface area contributed by atoms with E-state index in [2.05, 4.69) is 5.32 Å². The number of thioether (sulfide) groups is 1. The van der Waals surface area contributed by atoms with Gasteiger partial charge in [0.1, 0.15) is 0 Å². The van der Waals surface area contributed by atoms with Gasteiger partial charge in [-0.1, -0.05) is 49.1 Å². The van der Waals surface area contributed by atoms with E-state index in [1.54, 1.807) is 11.8 Å². The summed E-state index contributed by atoms with van der Waals surface area (Å²) in [4.78, 5) is 12.5. The highest BCUT2D eigenvalue weighted by Crippen LogP contribution is 2.31. The maximum absolute atomic E-state index is 12.5. The number of benzene rings is 1. The smallest absolute Gasteiger partial charge is 0.235 e. The highest BCUT2D eigenvalue weighted by Gasteiger charge is 2.30. The fraction of sp³-hybridized carbons (Fsp3) is 0.588. The van der Waals surface area contributed by atoms with Crippen molar-refractivity contribution in [1.29, 1.82) is 0 Å². The topological polar surface area (TPSA) is 29.1 Å². The molecular formula is C17H24ClNOS. The summed E-state index contributed by atoms with van der Waals surface area (Å²) >= 11 is 7.82. The van der Waals surface area contributed by atoms with Crippen molar-refractivity contribution in [2.45, 2.75) is 62.5 Å². The Balaban J connectivity index is 1.88. The number of rotatable bonds is 5. The molecular weight excluding hydrogens is 302 g/mol. The Morgan fingerprint density at radius 1 is 1.29 bits per heavy atom. The van der Waals surface area contributed by atoms with Gasteiger partial charge < -0.3 is 5.32 Å². The molecule has 1 aromatic carbocycles. The summed E-state index contributed by atoms with van der Waals surface area (Å²) in [5.74, 6) is 0.900. The third-order valence-corrected chi connectivity index (χ3v) is 5.76. The monoisotopic (exact) mass is 325 g/mol. The number of nitrogens with one attached hydrogen (secondary N) is 1. The molecule has 116 valence electrons. The largest absolute Gasteiger partial charge is 0.352 e. The molecule has 1 N–H and O–H groups in total. The maximum atomic E-state index is 12.5. The zero-order valence-corrected chi connectivity index (χ0v) is 14.4. The molecule has 1 aromatic rings. The minimum atomic E-state index is -0.434. The molecule has 1 saturated carbocycles. The number of halogens is 1. The zero-order chi connectivity index (χ0) is 15.3. The molecule has 2 nitrogen and oxygen atoms in total. The van der Waals surface area contributed by atoms with E-state index in [-0.39, 0.29) is 5.91 Å². The second-order valence-electron chi connectivity index (χ2n) is 6.20. The minimum Gasteiger partial charge on any atom is -0.352 e. The molecule has 21 heavy (non-hydrogen) atoms. The van der Waals surface area contributed by atoms with Crippen LogP contribution in [-0.2, 0) is 10.5 Å². The molecule has 0 unspecified atom stereocenters. The van der Waals surface area contributed by atoms with Crippen LogP contribution in [0.4, 0.5) is 0 Å². The van der Waals surface area contributed by atoms with Gasteiger partial charge in [0.2, 0.25) is 5.91 Å². The van der Waals surface area contributed by atoms with Crippen LogP contribution >= 0.6 is 23.4 Å². The molecule has 1 amide bonds. The summed E-state index contributed by atoms with van der Waals surface area (Å²) in [5.41, 5.74) is 1.09. The molecule has 0 atom stereocenters. The van der Waals surface area contributed by atoms with E-state index < -0.39 is 4.75 Å². The quantitative estimate of drug-likeness (QED) is 0.842. The molecule has 4 heteroatoms. The SMILES string of the molecule is CC(C)(SCc1ccccc1Cl)C(=O)NC1CCCCC1. The fourth-order valence-corrected chi connectivity index (χ4v) is 3.79. The number of hydrogen-bond acceptors (Lipinski definition) is 2. The van der Waals surface area contributed by atoms with Crippen LogP contribution in [-0.4, -0.2) is 16.7 Å². The van der Waals surface area contributed by atoms with E-state index in [9.17, 15) is 4.79 Å². The molecule has 0 radical (unpaired) electrons. The standard InChI is InChI=1S/C17H24ClNOS/c1-17(2,16(20)19-14-9-4-3-5-10-14)21-12-13-8-6-7-11-15(13)18/h6-8,11,14H,3-5,9-10,12H2,1-2H3,(H,19,20). The predicted molar refractivity (Wildman–Crippen MR) is 91.8 cm³/mol. The van der Waals surface area contributed by atoms with Crippen molar-refractivity contribution in [1.82, 2.24) is 5.32 Å². The van der Waals surface area contributed by atoms with Crippen molar-refractivity contribution >= 4 is 29.3 Å². The molecule has 2 rings (SSSR count). The van der Waals surface area contributed by atoms with Crippen LogP contribution in [0.2, 0.25) is 5.02 Å². The first-order valence-corrected chi connectivity index (χ1v) is 9.04. The van der Waals surface area contributed by atoms with Gasteiger partial charge in [0.05, 0.1) is 4.75 Å². The van der Waals surface area contributed by atoms with Crippen molar-refractivity contribution in [2.24, 2.45) is 0 Å². The lowest BCUT2D eigenvalue weighted by molar-refractivity contribution is -0.123. The van der Waals surface area contributed by atoms with Crippen molar-refractivity contribution in [2.75, 3.05) is 0 Å². The average Bonchev–Trinajstić information content (AvgIpc) is 2.47. The normalized spacial score (nSPS) is 16.7. The summed E-state index contributed by atoms with van der Waals surface area (Å²) in [5, 5.41) is 3.99. The Hall–Kier alpha value is -0.670. The van der Waals surface area contributed by atoms with Gasteiger partial charge in [0.15, 0.2) is 0 Å². The molecule has 0 bridgehead atoms. The van der Waals surface area contributed by atoms with Gasteiger partial charge in [0, 0.05) is 16.8 Å². The van der Waals surface area contributed by atoms with E-state index in [4.69, 9.17) is 11.6 Å². The van der Waals surface area contributed by atoms with E-state index in [1.165, 1.54) is 19.3 Å². The molecule has 1 fully saturated rings. The molecule has 0 heterocycles. The lowest BCUT2D eigenvalue weighted by Crippen LogP contribution is -2.45. The van der Waals surface area contributed by atoms with E-state index in [0.717, 1.165) is 29.2 Å². The van der Waals surface area contributed by atoms with Gasteiger partial charge in [-0.15, -0.1) is 11.8 Å².